The summed E-state index contributed by atoms with van der Waals surface area (Å²) < 4.78 is 0. The molecule has 0 aliphatic carbocycles. The molecule has 0 atom stereocenters. The van der Waals surface area contributed by atoms with Crippen molar-refractivity contribution >= 4 is 5.91 Å². The Kier molecular flexibility index (Phi) is 5.09. The molecule has 16 heavy (non-hydrogen) atoms. The third kappa shape index (κ3) is 3.40. The number of hydrogen-bond acceptors (Lipinski definition) is 2. The van der Waals surface area contributed by atoms with E-state index in [1.165, 1.54) is 5.70 Å². The van der Waals surface area contributed by atoms with Crippen LogP contribution in [0, 0.1) is 0 Å². The quantitative estimate of drug-likeness (QED) is 0.682. The van der Waals surface area contributed by atoms with Gasteiger partial charge < -0.3 is 9.80 Å². The van der Waals surface area contributed by atoms with Crippen LogP contribution < -0.4 is 0 Å². The summed E-state index contributed by atoms with van der Waals surface area (Å²) in [4.78, 5) is 15.5. The number of carbonyl (C=O) groups excluding carboxylic acids is 1. The van der Waals surface area contributed by atoms with Crippen LogP contribution in [0.2, 0.25) is 0 Å². The number of rotatable bonds is 3. The van der Waals surface area contributed by atoms with Crippen molar-refractivity contribution in [2.45, 2.75) is 27.2 Å². The van der Waals surface area contributed by atoms with Gasteiger partial charge in [-0.25, -0.2) is 0 Å². The third-order valence-electron chi connectivity index (χ3n) is 2.84. The molecule has 0 aromatic heterocycles. The Morgan fingerprint density at radius 1 is 1.19 bits per heavy atom. The average Bonchev–Trinajstić information content (AvgIpc) is 2.29. The highest BCUT2D eigenvalue weighted by atomic mass is 16.2. The Bertz CT molecular complexity index is 286. The molecule has 1 amide bonds. The molecular formula is C13H22N2O. The van der Waals surface area contributed by atoms with Gasteiger partial charge in [0.25, 0.3) is 0 Å². The monoisotopic (exact) mass is 222 g/mol. The lowest BCUT2D eigenvalue weighted by molar-refractivity contribution is -0.130. The molecule has 0 aromatic rings. The van der Waals surface area contributed by atoms with Crippen LogP contribution in [0.4, 0.5) is 0 Å². The van der Waals surface area contributed by atoms with Crippen molar-refractivity contribution in [1.29, 1.82) is 0 Å². The van der Waals surface area contributed by atoms with Crippen LogP contribution in [0.25, 0.3) is 0 Å². The molecule has 0 N–H and O–H groups in total. The van der Waals surface area contributed by atoms with Gasteiger partial charge in [0.15, 0.2) is 0 Å². The second kappa shape index (κ2) is 6.36. The van der Waals surface area contributed by atoms with Gasteiger partial charge in [0.2, 0.25) is 5.91 Å². The van der Waals surface area contributed by atoms with Gasteiger partial charge in [-0.15, -0.1) is 0 Å². The first-order valence-electron chi connectivity index (χ1n) is 6.02. The molecule has 1 saturated heterocycles. The van der Waals surface area contributed by atoms with Crippen molar-refractivity contribution < 1.29 is 4.79 Å². The van der Waals surface area contributed by atoms with Crippen LogP contribution in [0.5, 0.6) is 0 Å². The van der Waals surface area contributed by atoms with E-state index >= 15 is 0 Å². The molecule has 3 nitrogen and oxygen atoms in total. The molecule has 1 heterocycles. The molecule has 0 radical (unpaired) electrons. The number of hydrogen-bond donors (Lipinski definition) is 0. The van der Waals surface area contributed by atoms with Gasteiger partial charge in [-0.1, -0.05) is 19.1 Å². The average molecular weight is 222 g/mol. The summed E-state index contributed by atoms with van der Waals surface area (Å²) in [7, 11) is 0. The molecule has 0 spiro atoms. The number of nitrogens with zero attached hydrogens (tertiary/aromatic N) is 2. The summed E-state index contributed by atoms with van der Waals surface area (Å²) in [6, 6.07) is 0. The summed E-state index contributed by atoms with van der Waals surface area (Å²) in [6.07, 6.45) is 7.50. The van der Waals surface area contributed by atoms with Crippen LogP contribution >= 0.6 is 0 Å². The van der Waals surface area contributed by atoms with E-state index in [4.69, 9.17) is 0 Å². The predicted octanol–water partition coefficient (Wildman–Crippen LogP) is 2.02. The maximum Gasteiger partial charge on any atom is 0.219 e. The largest absolute Gasteiger partial charge is 0.368 e. The zero-order valence-electron chi connectivity index (χ0n) is 10.6. The second-order valence-corrected chi connectivity index (χ2v) is 4.03. The van der Waals surface area contributed by atoms with Crippen molar-refractivity contribution in [2.75, 3.05) is 26.2 Å². The van der Waals surface area contributed by atoms with E-state index in [1.807, 2.05) is 11.8 Å². The molecular weight excluding hydrogens is 200 g/mol. The molecule has 0 unspecified atom stereocenters. The standard InChI is InChI=1S/C13H22N2O/c1-4-6-13(7-5-2)15-10-8-14(9-11-15)12(3)16/h4,6-7H,5,8-11H2,1-3H3. The lowest BCUT2D eigenvalue weighted by atomic mass is 10.2. The number of allylic oxidation sites excluding steroid dienone is 3. The van der Waals surface area contributed by atoms with Gasteiger partial charge in [-0.05, 0) is 19.4 Å². The number of carbonyl (C=O) groups is 1. The minimum Gasteiger partial charge on any atom is -0.368 e. The highest BCUT2D eigenvalue weighted by molar-refractivity contribution is 5.73. The number of amides is 1. The normalized spacial score (nSPS) is 18.3. The molecule has 0 saturated carbocycles. The molecule has 1 rings (SSSR count). The Balaban J connectivity index is 2.57. The maximum absolute atomic E-state index is 11.2. The summed E-state index contributed by atoms with van der Waals surface area (Å²) in [5.74, 6) is 0.187. The predicted molar refractivity (Wildman–Crippen MR) is 67.0 cm³/mol. The Morgan fingerprint density at radius 2 is 1.75 bits per heavy atom. The lowest BCUT2D eigenvalue weighted by Gasteiger charge is -2.36. The van der Waals surface area contributed by atoms with Crippen LogP contribution in [0.3, 0.4) is 0 Å². The molecule has 0 bridgehead atoms. The molecule has 1 aliphatic rings. The van der Waals surface area contributed by atoms with Crippen molar-refractivity contribution in [3.8, 4) is 0 Å². The van der Waals surface area contributed by atoms with E-state index < -0.39 is 0 Å². The van der Waals surface area contributed by atoms with Crippen molar-refractivity contribution in [3.05, 3.63) is 23.9 Å². The fourth-order valence-corrected chi connectivity index (χ4v) is 1.96. The summed E-state index contributed by atoms with van der Waals surface area (Å²) in [6.45, 7) is 9.39. The second-order valence-electron chi connectivity index (χ2n) is 4.03. The topological polar surface area (TPSA) is 23.6 Å². The van der Waals surface area contributed by atoms with E-state index in [1.54, 1.807) is 6.92 Å². The summed E-state index contributed by atoms with van der Waals surface area (Å²) >= 11 is 0. The highest BCUT2D eigenvalue weighted by Crippen LogP contribution is 2.11. The van der Waals surface area contributed by atoms with E-state index in [0.717, 1.165) is 32.6 Å². The molecule has 3 heteroatoms. The maximum atomic E-state index is 11.2. The van der Waals surface area contributed by atoms with Gasteiger partial charge in [0.1, 0.15) is 0 Å². The third-order valence-corrected chi connectivity index (χ3v) is 2.84. The first-order chi connectivity index (χ1) is 7.69. The van der Waals surface area contributed by atoms with E-state index in [9.17, 15) is 4.79 Å². The summed E-state index contributed by atoms with van der Waals surface area (Å²) in [5, 5.41) is 0. The zero-order chi connectivity index (χ0) is 12.0. The van der Waals surface area contributed by atoms with E-state index in [2.05, 4.69) is 30.1 Å². The lowest BCUT2D eigenvalue weighted by Crippen LogP contribution is -2.47. The first-order valence-corrected chi connectivity index (χ1v) is 6.02. The SMILES string of the molecule is CC=CC(=CCC)N1CCN(C(C)=O)CC1. The highest BCUT2D eigenvalue weighted by Gasteiger charge is 2.18. The minimum atomic E-state index is 0.187. The Labute approximate surface area is 98.4 Å². The van der Waals surface area contributed by atoms with Crippen LogP contribution in [0.1, 0.15) is 27.2 Å². The first kappa shape index (κ1) is 12.8. The Morgan fingerprint density at radius 3 is 2.19 bits per heavy atom. The minimum absolute atomic E-state index is 0.187. The van der Waals surface area contributed by atoms with Gasteiger partial charge in [0.05, 0.1) is 0 Å². The zero-order valence-corrected chi connectivity index (χ0v) is 10.6. The fourth-order valence-electron chi connectivity index (χ4n) is 1.96. The molecule has 0 aromatic carbocycles. The van der Waals surface area contributed by atoms with Gasteiger partial charge in [-0.2, -0.15) is 0 Å². The van der Waals surface area contributed by atoms with Gasteiger partial charge in [-0.3, -0.25) is 4.79 Å². The molecule has 1 aliphatic heterocycles. The van der Waals surface area contributed by atoms with Crippen LogP contribution in [-0.4, -0.2) is 41.9 Å². The van der Waals surface area contributed by atoms with Crippen LogP contribution in [-0.2, 0) is 4.79 Å². The van der Waals surface area contributed by atoms with Crippen molar-refractivity contribution in [1.82, 2.24) is 9.80 Å². The van der Waals surface area contributed by atoms with E-state index in [-0.39, 0.29) is 5.91 Å². The number of piperazine rings is 1. The van der Waals surface area contributed by atoms with Gasteiger partial charge >= 0.3 is 0 Å². The summed E-state index contributed by atoms with van der Waals surface area (Å²) in [5.41, 5.74) is 1.29. The van der Waals surface area contributed by atoms with E-state index in [0.29, 0.717) is 0 Å². The Hall–Kier alpha value is -1.25. The molecule has 90 valence electrons. The van der Waals surface area contributed by atoms with Crippen LogP contribution in [0.15, 0.2) is 23.9 Å². The molecule has 1 fully saturated rings. The fraction of sp³-hybridized carbons (Fsp3) is 0.615. The smallest absolute Gasteiger partial charge is 0.219 e. The van der Waals surface area contributed by atoms with Crippen molar-refractivity contribution in [2.24, 2.45) is 0 Å². The van der Waals surface area contributed by atoms with Crippen molar-refractivity contribution in [3.63, 3.8) is 0 Å². The van der Waals surface area contributed by atoms with Gasteiger partial charge in [0, 0.05) is 38.8 Å².